The lowest BCUT2D eigenvalue weighted by Crippen LogP contribution is -2.43. The third-order valence-electron chi connectivity index (χ3n) is 2.96. The molecule has 0 aliphatic carbocycles. The second-order valence-electron chi connectivity index (χ2n) is 4.73. The lowest BCUT2D eigenvalue weighted by atomic mass is 10.0. The van der Waals surface area contributed by atoms with E-state index in [4.69, 9.17) is 4.74 Å². The van der Waals surface area contributed by atoms with Gasteiger partial charge in [-0.25, -0.2) is 4.39 Å². The Morgan fingerprint density at radius 1 is 1.56 bits per heavy atom. The van der Waals surface area contributed by atoms with Crippen molar-refractivity contribution in [3.8, 4) is 0 Å². The number of hydrogen-bond donors (Lipinski definition) is 2. The van der Waals surface area contributed by atoms with Crippen LogP contribution in [0.1, 0.15) is 22.3 Å². The number of aliphatic hydroxyl groups is 1. The molecular formula is C13H16FNO3. The van der Waals surface area contributed by atoms with E-state index in [0.29, 0.717) is 18.6 Å². The number of carbonyl (C=O) groups excluding carboxylic acids is 1. The predicted molar refractivity (Wildman–Crippen MR) is 63.9 cm³/mol. The van der Waals surface area contributed by atoms with E-state index in [2.05, 4.69) is 5.32 Å². The Bertz CT molecular complexity index is 435. The first-order chi connectivity index (χ1) is 8.48. The molecule has 0 aromatic heterocycles. The minimum absolute atomic E-state index is 0.112. The van der Waals surface area contributed by atoms with E-state index in [0.717, 1.165) is 0 Å². The number of halogens is 1. The number of amides is 1. The zero-order valence-corrected chi connectivity index (χ0v) is 10.2. The fourth-order valence-electron chi connectivity index (χ4n) is 1.95. The first kappa shape index (κ1) is 13.0. The van der Waals surface area contributed by atoms with Gasteiger partial charge in [0.1, 0.15) is 11.4 Å². The van der Waals surface area contributed by atoms with Gasteiger partial charge in [0.25, 0.3) is 5.91 Å². The standard InChI is InChI=1S/C13H16FNO3/c1-9-4-10(6-11(14)5-9)12(16)15-7-13(17)2-3-18-8-13/h4-6,17H,2-3,7-8H2,1H3,(H,15,16)/t13-/m0/s1. The van der Waals surface area contributed by atoms with Gasteiger partial charge < -0.3 is 15.2 Å². The van der Waals surface area contributed by atoms with Crippen LogP contribution in [0.25, 0.3) is 0 Å². The molecule has 1 aromatic rings. The van der Waals surface area contributed by atoms with Crippen LogP contribution in [0.5, 0.6) is 0 Å². The molecule has 0 bridgehead atoms. The van der Waals surface area contributed by atoms with E-state index >= 15 is 0 Å². The Kier molecular flexibility index (Phi) is 3.63. The first-order valence-electron chi connectivity index (χ1n) is 5.84. The van der Waals surface area contributed by atoms with Gasteiger partial charge in [-0.3, -0.25) is 4.79 Å². The minimum atomic E-state index is -1.00. The van der Waals surface area contributed by atoms with Gasteiger partial charge in [-0.05, 0) is 30.7 Å². The van der Waals surface area contributed by atoms with Crippen molar-refractivity contribution in [2.24, 2.45) is 0 Å². The van der Waals surface area contributed by atoms with E-state index in [1.807, 2.05) is 0 Å². The highest BCUT2D eigenvalue weighted by Gasteiger charge is 2.32. The number of aryl methyl sites for hydroxylation is 1. The Labute approximate surface area is 105 Å². The molecular weight excluding hydrogens is 237 g/mol. The monoisotopic (exact) mass is 253 g/mol. The molecule has 1 fully saturated rings. The smallest absolute Gasteiger partial charge is 0.251 e. The number of nitrogens with one attached hydrogen (secondary N) is 1. The summed E-state index contributed by atoms with van der Waals surface area (Å²) >= 11 is 0. The van der Waals surface area contributed by atoms with Gasteiger partial charge in [0.15, 0.2) is 0 Å². The molecule has 2 N–H and O–H groups in total. The maximum Gasteiger partial charge on any atom is 0.251 e. The van der Waals surface area contributed by atoms with Crippen molar-refractivity contribution in [3.05, 3.63) is 35.1 Å². The number of hydrogen-bond acceptors (Lipinski definition) is 3. The summed E-state index contributed by atoms with van der Waals surface area (Å²) < 4.78 is 18.2. The largest absolute Gasteiger partial charge is 0.386 e. The number of benzene rings is 1. The Balaban J connectivity index is 1.99. The normalized spacial score (nSPS) is 23.1. The van der Waals surface area contributed by atoms with Crippen LogP contribution in [0.2, 0.25) is 0 Å². The molecule has 1 saturated heterocycles. The van der Waals surface area contributed by atoms with Gasteiger partial charge in [-0.2, -0.15) is 0 Å². The molecule has 98 valence electrons. The summed E-state index contributed by atoms with van der Waals surface area (Å²) in [5, 5.41) is 12.6. The highest BCUT2D eigenvalue weighted by molar-refractivity contribution is 5.94. The molecule has 18 heavy (non-hydrogen) atoms. The molecule has 1 aliphatic heterocycles. The van der Waals surface area contributed by atoms with Crippen LogP contribution >= 0.6 is 0 Å². The molecule has 2 rings (SSSR count). The summed E-state index contributed by atoms with van der Waals surface area (Å²) in [7, 11) is 0. The molecule has 0 unspecified atom stereocenters. The van der Waals surface area contributed by atoms with Crippen LogP contribution in [0.4, 0.5) is 4.39 Å². The number of carbonyl (C=O) groups is 1. The summed E-state index contributed by atoms with van der Waals surface area (Å²) in [5.74, 6) is -0.832. The van der Waals surface area contributed by atoms with Crippen molar-refractivity contribution in [1.82, 2.24) is 5.32 Å². The zero-order chi connectivity index (χ0) is 13.2. The van der Waals surface area contributed by atoms with Crippen molar-refractivity contribution in [2.75, 3.05) is 19.8 Å². The van der Waals surface area contributed by atoms with E-state index in [9.17, 15) is 14.3 Å². The van der Waals surface area contributed by atoms with E-state index < -0.39 is 17.3 Å². The summed E-state index contributed by atoms with van der Waals surface area (Å²) in [6.45, 7) is 2.54. The third-order valence-corrected chi connectivity index (χ3v) is 2.96. The lowest BCUT2D eigenvalue weighted by molar-refractivity contribution is 0.0264. The summed E-state index contributed by atoms with van der Waals surface area (Å²) in [4.78, 5) is 11.8. The molecule has 1 aliphatic rings. The maximum absolute atomic E-state index is 13.2. The van der Waals surface area contributed by atoms with E-state index in [1.165, 1.54) is 12.1 Å². The van der Waals surface area contributed by atoms with Gasteiger partial charge in [-0.15, -0.1) is 0 Å². The van der Waals surface area contributed by atoms with Crippen LogP contribution < -0.4 is 5.32 Å². The highest BCUT2D eigenvalue weighted by Crippen LogP contribution is 2.17. The van der Waals surface area contributed by atoms with Crippen molar-refractivity contribution < 1.29 is 19.0 Å². The van der Waals surface area contributed by atoms with E-state index in [-0.39, 0.29) is 18.7 Å². The maximum atomic E-state index is 13.2. The molecule has 0 radical (unpaired) electrons. The molecule has 0 spiro atoms. The quantitative estimate of drug-likeness (QED) is 0.845. The first-order valence-corrected chi connectivity index (χ1v) is 5.84. The molecule has 1 atom stereocenters. The van der Waals surface area contributed by atoms with Crippen LogP contribution in [-0.2, 0) is 4.74 Å². The average molecular weight is 253 g/mol. The molecule has 1 aromatic carbocycles. The highest BCUT2D eigenvalue weighted by atomic mass is 19.1. The van der Waals surface area contributed by atoms with Gasteiger partial charge in [0.2, 0.25) is 0 Å². The average Bonchev–Trinajstić information content (AvgIpc) is 2.72. The third kappa shape index (κ3) is 3.05. The van der Waals surface area contributed by atoms with Crippen molar-refractivity contribution >= 4 is 5.91 Å². The molecule has 0 saturated carbocycles. The van der Waals surface area contributed by atoms with Gasteiger partial charge in [-0.1, -0.05) is 0 Å². The van der Waals surface area contributed by atoms with Crippen molar-refractivity contribution in [1.29, 1.82) is 0 Å². The summed E-state index contributed by atoms with van der Waals surface area (Å²) in [5.41, 5.74) is -0.0593. The van der Waals surface area contributed by atoms with Gasteiger partial charge in [0, 0.05) is 25.1 Å². The molecule has 5 heteroatoms. The Morgan fingerprint density at radius 2 is 2.33 bits per heavy atom. The van der Waals surface area contributed by atoms with Crippen LogP contribution in [0.3, 0.4) is 0 Å². The summed E-state index contributed by atoms with van der Waals surface area (Å²) in [6, 6.07) is 4.14. The number of rotatable bonds is 3. The van der Waals surface area contributed by atoms with Crippen LogP contribution in [0, 0.1) is 12.7 Å². The van der Waals surface area contributed by atoms with Gasteiger partial charge in [0.05, 0.1) is 6.61 Å². The summed E-state index contributed by atoms with van der Waals surface area (Å²) in [6.07, 6.45) is 0.495. The van der Waals surface area contributed by atoms with E-state index in [1.54, 1.807) is 13.0 Å². The Morgan fingerprint density at radius 3 is 2.94 bits per heavy atom. The molecule has 1 amide bonds. The lowest BCUT2D eigenvalue weighted by Gasteiger charge is -2.20. The minimum Gasteiger partial charge on any atom is -0.386 e. The number of ether oxygens (including phenoxy) is 1. The van der Waals surface area contributed by atoms with Crippen LogP contribution in [0.15, 0.2) is 18.2 Å². The molecule has 1 heterocycles. The van der Waals surface area contributed by atoms with Crippen LogP contribution in [-0.4, -0.2) is 36.4 Å². The SMILES string of the molecule is Cc1cc(F)cc(C(=O)NC[C@@]2(O)CCOC2)c1. The zero-order valence-electron chi connectivity index (χ0n) is 10.2. The van der Waals surface area contributed by atoms with Crippen molar-refractivity contribution in [3.63, 3.8) is 0 Å². The van der Waals surface area contributed by atoms with Gasteiger partial charge >= 0.3 is 0 Å². The second-order valence-corrected chi connectivity index (χ2v) is 4.73. The molecule has 4 nitrogen and oxygen atoms in total. The fourth-order valence-corrected chi connectivity index (χ4v) is 1.95. The topological polar surface area (TPSA) is 58.6 Å². The van der Waals surface area contributed by atoms with Crippen molar-refractivity contribution in [2.45, 2.75) is 18.9 Å². The fraction of sp³-hybridized carbons (Fsp3) is 0.462. The Hall–Kier alpha value is -1.46. The predicted octanol–water partition coefficient (Wildman–Crippen LogP) is 1.02. The second kappa shape index (κ2) is 5.04.